The third kappa shape index (κ3) is 3.66. The summed E-state index contributed by atoms with van der Waals surface area (Å²) in [7, 11) is 0. The summed E-state index contributed by atoms with van der Waals surface area (Å²) in [6.45, 7) is 0. The van der Waals surface area contributed by atoms with Crippen LogP contribution in [0.4, 0.5) is 0 Å². The van der Waals surface area contributed by atoms with Crippen molar-refractivity contribution in [1.82, 2.24) is 14.1 Å². The quantitative estimate of drug-likeness (QED) is 0.210. The van der Waals surface area contributed by atoms with Crippen LogP contribution in [-0.2, 0) is 0 Å². The molecular weight excluding hydrogens is 534 g/mol. The van der Waals surface area contributed by atoms with Crippen LogP contribution in [0.5, 0.6) is 0 Å². The molecule has 44 heavy (non-hydrogen) atoms. The summed E-state index contributed by atoms with van der Waals surface area (Å²) < 4.78 is 4.78. The van der Waals surface area contributed by atoms with Crippen LogP contribution in [-0.4, -0.2) is 14.1 Å². The van der Waals surface area contributed by atoms with Crippen molar-refractivity contribution in [3.05, 3.63) is 164 Å². The van der Waals surface area contributed by atoms with Crippen molar-refractivity contribution < 1.29 is 0 Å². The number of rotatable bonds is 4. The van der Waals surface area contributed by atoms with Gasteiger partial charge in [0.1, 0.15) is 0 Å². The maximum absolute atomic E-state index is 4.81. The summed E-state index contributed by atoms with van der Waals surface area (Å²) in [4.78, 5) is 4.81. The van der Waals surface area contributed by atoms with E-state index in [9.17, 15) is 0 Å². The largest absolute Gasteiger partial charge is 0.309 e. The molecule has 9 rings (SSSR count). The molecule has 0 saturated heterocycles. The monoisotopic (exact) mass is 561 g/mol. The van der Waals surface area contributed by atoms with Crippen LogP contribution >= 0.6 is 0 Å². The molecule has 0 saturated carbocycles. The van der Waals surface area contributed by atoms with Crippen molar-refractivity contribution in [2.75, 3.05) is 0 Å². The van der Waals surface area contributed by atoms with Gasteiger partial charge in [0.25, 0.3) is 0 Å². The van der Waals surface area contributed by atoms with Crippen LogP contribution in [0, 0.1) is 0 Å². The molecule has 0 aliphatic heterocycles. The van der Waals surface area contributed by atoms with E-state index in [1.807, 2.05) is 12.4 Å². The fourth-order valence-electron chi connectivity index (χ4n) is 6.92. The highest BCUT2D eigenvalue weighted by Crippen LogP contribution is 2.39. The molecule has 9 aromatic rings. The van der Waals surface area contributed by atoms with Crippen molar-refractivity contribution >= 4 is 43.6 Å². The molecule has 0 aliphatic carbocycles. The third-order valence-corrected chi connectivity index (χ3v) is 8.81. The minimum atomic E-state index is 1.08. The molecule has 3 heteroatoms. The Morgan fingerprint density at radius 2 is 0.659 bits per heavy atom. The summed E-state index contributed by atoms with van der Waals surface area (Å²) in [5, 5.41) is 5.02. The highest BCUT2D eigenvalue weighted by Gasteiger charge is 2.18. The standard InChI is InChI=1S/C41H27N3/c1-7-19-36(43-38-21-9-3-15-32(38)33-16-4-10-22-39(33)43)30(13-1)28-25-29(27-42-26-28)31-14-2-8-20-37(31)44-40-23-11-5-17-34(40)35-18-6-12-24-41(35)44/h1-27H. The predicted octanol–water partition coefficient (Wildman–Crippen LogP) is 10.6. The van der Waals surface area contributed by atoms with Gasteiger partial charge in [0, 0.05) is 56.2 Å². The van der Waals surface area contributed by atoms with Gasteiger partial charge in [-0.2, -0.15) is 0 Å². The molecule has 0 radical (unpaired) electrons. The Hall–Kier alpha value is -5.93. The Balaban J connectivity index is 1.26. The van der Waals surface area contributed by atoms with E-state index in [2.05, 4.69) is 161 Å². The van der Waals surface area contributed by atoms with Crippen molar-refractivity contribution in [3.8, 4) is 33.6 Å². The van der Waals surface area contributed by atoms with E-state index in [4.69, 9.17) is 4.98 Å². The first-order valence-corrected chi connectivity index (χ1v) is 15.0. The maximum atomic E-state index is 4.81. The first kappa shape index (κ1) is 24.6. The summed E-state index contributed by atoms with van der Waals surface area (Å²) in [6, 6.07) is 54.3. The summed E-state index contributed by atoms with van der Waals surface area (Å²) >= 11 is 0. The van der Waals surface area contributed by atoms with E-state index in [-0.39, 0.29) is 0 Å². The Bertz CT molecular complexity index is 2230. The molecule has 0 atom stereocenters. The van der Waals surface area contributed by atoms with Gasteiger partial charge >= 0.3 is 0 Å². The van der Waals surface area contributed by atoms with Crippen LogP contribution in [0.25, 0.3) is 77.2 Å². The molecule has 6 aromatic carbocycles. The summed E-state index contributed by atoms with van der Waals surface area (Å²) in [6.07, 6.45) is 3.97. The zero-order chi connectivity index (χ0) is 29.0. The molecule has 3 aromatic heterocycles. The molecule has 0 fully saturated rings. The lowest BCUT2D eigenvalue weighted by atomic mass is 9.99. The fraction of sp³-hybridized carbons (Fsp3) is 0. The van der Waals surface area contributed by atoms with E-state index in [1.165, 1.54) is 43.6 Å². The van der Waals surface area contributed by atoms with Crippen molar-refractivity contribution in [3.63, 3.8) is 0 Å². The van der Waals surface area contributed by atoms with E-state index in [1.54, 1.807) is 0 Å². The highest BCUT2D eigenvalue weighted by atomic mass is 15.0. The molecule has 0 spiro atoms. The first-order chi connectivity index (χ1) is 21.9. The second-order valence-corrected chi connectivity index (χ2v) is 11.2. The fourth-order valence-corrected chi connectivity index (χ4v) is 6.92. The van der Waals surface area contributed by atoms with Gasteiger partial charge in [-0.25, -0.2) is 0 Å². The van der Waals surface area contributed by atoms with Gasteiger partial charge in [-0.1, -0.05) is 109 Å². The number of para-hydroxylation sites is 6. The van der Waals surface area contributed by atoms with Crippen molar-refractivity contribution in [2.24, 2.45) is 0 Å². The van der Waals surface area contributed by atoms with Gasteiger partial charge in [0.05, 0.1) is 33.4 Å². The smallest absolute Gasteiger partial charge is 0.0541 e. The van der Waals surface area contributed by atoms with Crippen LogP contribution in [0.3, 0.4) is 0 Å². The van der Waals surface area contributed by atoms with Crippen molar-refractivity contribution in [2.45, 2.75) is 0 Å². The van der Waals surface area contributed by atoms with E-state index in [0.29, 0.717) is 0 Å². The summed E-state index contributed by atoms with van der Waals surface area (Å²) in [5.74, 6) is 0. The lowest BCUT2D eigenvalue weighted by Gasteiger charge is -2.16. The van der Waals surface area contributed by atoms with Gasteiger partial charge < -0.3 is 9.13 Å². The molecule has 0 aliphatic rings. The van der Waals surface area contributed by atoms with Gasteiger partial charge in [-0.05, 0) is 42.5 Å². The number of nitrogens with zero attached hydrogens (tertiary/aromatic N) is 3. The van der Waals surface area contributed by atoms with E-state index in [0.717, 1.165) is 33.6 Å². The number of aromatic nitrogens is 3. The first-order valence-electron chi connectivity index (χ1n) is 15.0. The lowest BCUT2D eigenvalue weighted by molar-refractivity contribution is 1.17. The number of benzene rings is 6. The second-order valence-electron chi connectivity index (χ2n) is 11.2. The van der Waals surface area contributed by atoms with Crippen LogP contribution < -0.4 is 0 Å². The van der Waals surface area contributed by atoms with E-state index >= 15 is 0 Å². The highest BCUT2D eigenvalue weighted by molar-refractivity contribution is 6.11. The van der Waals surface area contributed by atoms with E-state index < -0.39 is 0 Å². The Morgan fingerprint density at radius 3 is 1.05 bits per heavy atom. The number of hydrogen-bond donors (Lipinski definition) is 0. The molecule has 0 N–H and O–H groups in total. The van der Waals surface area contributed by atoms with Crippen LogP contribution in [0.1, 0.15) is 0 Å². The molecule has 3 nitrogen and oxygen atoms in total. The normalized spacial score (nSPS) is 11.6. The topological polar surface area (TPSA) is 22.8 Å². The number of hydrogen-bond acceptors (Lipinski definition) is 1. The Labute approximate surface area is 254 Å². The van der Waals surface area contributed by atoms with Gasteiger partial charge in [-0.15, -0.1) is 0 Å². The predicted molar refractivity (Wildman–Crippen MR) is 184 cm³/mol. The average molecular weight is 562 g/mol. The van der Waals surface area contributed by atoms with Crippen LogP contribution in [0.2, 0.25) is 0 Å². The van der Waals surface area contributed by atoms with Gasteiger partial charge in [0.2, 0.25) is 0 Å². The molecule has 0 bridgehead atoms. The molecular formula is C41H27N3. The molecule has 0 amide bonds. The second kappa shape index (κ2) is 9.82. The zero-order valence-corrected chi connectivity index (χ0v) is 23.9. The summed E-state index contributed by atoms with van der Waals surface area (Å²) in [5.41, 5.74) is 11.5. The Morgan fingerprint density at radius 1 is 0.341 bits per heavy atom. The lowest BCUT2D eigenvalue weighted by Crippen LogP contribution is -1.99. The Kier molecular flexibility index (Phi) is 5.50. The minimum absolute atomic E-state index is 1.08. The number of fused-ring (bicyclic) bond motifs is 6. The third-order valence-electron chi connectivity index (χ3n) is 8.81. The van der Waals surface area contributed by atoms with Crippen molar-refractivity contribution in [1.29, 1.82) is 0 Å². The van der Waals surface area contributed by atoms with Crippen LogP contribution in [0.15, 0.2) is 164 Å². The minimum Gasteiger partial charge on any atom is -0.309 e. The zero-order valence-electron chi connectivity index (χ0n) is 23.9. The SMILES string of the molecule is c1ccc(-n2c3ccccc3c3ccccc32)c(-c2cncc(-c3ccccc3-n3c4ccccc4c4ccccc43)c2)c1. The molecule has 0 unspecified atom stereocenters. The molecule has 3 heterocycles. The average Bonchev–Trinajstić information content (AvgIpc) is 3.61. The van der Waals surface area contributed by atoms with Gasteiger partial charge in [0.15, 0.2) is 0 Å². The maximum Gasteiger partial charge on any atom is 0.0541 e. The molecule has 206 valence electrons. The number of pyridine rings is 1. The van der Waals surface area contributed by atoms with Gasteiger partial charge in [-0.3, -0.25) is 4.98 Å².